The Hall–Kier alpha value is -4.85. The van der Waals surface area contributed by atoms with Gasteiger partial charge in [0.15, 0.2) is 5.75 Å². The number of anilines is 2. The van der Waals surface area contributed by atoms with Crippen molar-refractivity contribution in [2.24, 2.45) is 0 Å². The van der Waals surface area contributed by atoms with Crippen molar-refractivity contribution in [2.45, 2.75) is 25.2 Å². The molecule has 0 aromatic heterocycles. The number of carboxylic acids is 1. The number of ether oxygens (including phenoxy) is 1. The van der Waals surface area contributed by atoms with E-state index in [0.29, 0.717) is 16.9 Å². The highest BCUT2D eigenvalue weighted by atomic mass is 19.4. The van der Waals surface area contributed by atoms with Crippen LogP contribution in [-0.4, -0.2) is 29.5 Å². The zero-order valence-corrected chi connectivity index (χ0v) is 21.7. The van der Waals surface area contributed by atoms with Crippen molar-refractivity contribution in [2.75, 3.05) is 12.4 Å². The van der Waals surface area contributed by atoms with Crippen LogP contribution in [0, 0.1) is 17.5 Å². The van der Waals surface area contributed by atoms with Crippen LogP contribution in [0.1, 0.15) is 35.7 Å². The van der Waals surface area contributed by atoms with Crippen LogP contribution >= 0.6 is 0 Å². The monoisotopic (exact) mass is 596 g/mol. The van der Waals surface area contributed by atoms with E-state index in [9.17, 15) is 41.0 Å². The Morgan fingerprint density at radius 2 is 1.40 bits per heavy atom. The van der Waals surface area contributed by atoms with Crippen molar-refractivity contribution in [3.63, 3.8) is 0 Å². The molecule has 42 heavy (non-hydrogen) atoms. The second kappa shape index (κ2) is 12.8. The van der Waals surface area contributed by atoms with Gasteiger partial charge in [0.1, 0.15) is 28.9 Å². The number of alkyl halides is 3. The van der Waals surface area contributed by atoms with E-state index >= 15 is 0 Å². The maximum Gasteiger partial charge on any atom is 0.490 e. The number of hydrogen-bond acceptors (Lipinski definition) is 7. The van der Waals surface area contributed by atoms with Gasteiger partial charge in [0.25, 0.3) is 10.9 Å². The van der Waals surface area contributed by atoms with E-state index in [1.165, 1.54) is 37.4 Å². The van der Waals surface area contributed by atoms with Gasteiger partial charge in [0.05, 0.1) is 18.8 Å². The van der Waals surface area contributed by atoms with Crippen molar-refractivity contribution in [1.29, 1.82) is 0 Å². The predicted molar refractivity (Wildman–Crippen MR) is 139 cm³/mol. The molecule has 0 aliphatic rings. The minimum atomic E-state index is -5.08. The van der Waals surface area contributed by atoms with E-state index < -0.39 is 58.3 Å². The molecular formula is C28H22F6N2O6. The van der Waals surface area contributed by atoms with Gasteiger partial charge in [-0.25, -0.2) is 18.0 Å². The van der Waals surface area contributed by atoms with E-state index in [-0.39, 0.29) is 11.4 Å². The second-order valence-electron chi connectivity index (χ2n) is 8.85. The predicted octanol–water partition coefficient (Wildman–Crippen LogP) is 5.23. The fraction of sp³-hybridized carbons (Fsp3) is 0.179. The van der Waals surface area contributed by atoms with Gasteiger partial charge in [-0.15, -0.1) is 0 Å². The van der Waals surface area contributed by atoms with Crippen molar-refractivity contribution >= 4 is 17.3 Å². The molecule has 0 saturated carbocycles. The van der Waals surface area contributed by atoms with E-state index in [2.05, 4.69) is 10.6 Å². The van der Waals surface area contributed by atoms with Gasteiger partial charge in [-0.05, 0) is 60.0 Å². The molecule has 0 amide bonds. The molecule has 0 spiro atoms. The normalized spacial score (nSPS) is 12.7. The summed E-state index contributed by atoms with van der Waals surface area (Å²) in [6, 6.07) is 13.3. The van der Waals surface area contributed by atoms with Crippen LogP contribution in [0.4, 0.5) is 37.7 Å². The van der Waals surface area contributed by atoms with E-state index in [0.717, 1.165) is 11.6 Å². The molecular weight excluding hydrogens is 574 g/mol. The molecule has 0 radical (unpaired) electrons. The number of carbonyl (C=O) groups is 1. The highest BCUT2D eigenvalue weighted by Crippen LogP contribution is 2.32. The lowest BCUT2D eigenvalue weighted by Crippen LogP contribution is -2.32. The minimum Gasteiger partial charge on any atom is -0.502 e. The van der Waals surface area contributed by atoms with Crippen LogP contribution in [0.5, 0.6) is 11.5 Å². The Balaban J connectivity index is 0.000000616. The molecule has 2 atom stereocenters. The first-order valence-corrected chi connectivity index (χ1v) is 11.9. The summed E-state index contributed by atoms with van der Waals surface area (Å²) in [6.45, 7) is 1.73. The lowest BCUT2D eigenvalue weighted by molar-refractivity contribution is -0.192. The smallest absolute Gasteiger partial charge is 0.490 e. The number of hydrogen-bond donors (Lipinski definition) is 4. The van der Waals surface area contributed by atoms with E-state index in [4.69, 9.17) is 14.6 Å². The average molecular weight is 596 g/mol. The Labute approximate surface area is 233 Å². The third-order valence-electron chi connectivity index (χ3n) is 5.96. The van der Waals surface area contributed by atoms with Gasteiger partial charge in [-0.1, -0.05) is 18.2 Å². The van der Waals surface area contributed by atoms with E-state index in [1.807, 2.05) is 0 Å². The summed E-state index contributed by atoms with van der Waals surface area (Å²) in [6.07, 6.45) is -5.08. The number of aliphatic carboxylic acids is 1. The molecule has 4 rings (SSSR count). The molecule has 8 nitrogen and oxygen atoms in total. The van der Waals surface area contributed by atoms with Crippen molar-refractivity contribution in [3.8, 4) is 11.5 Å². The summed E-state index contributed by atoms with van der Waals surface area (Å²) in [5.41, 5.74) is -0.852. The quantitative estimate of drug-likeness (QED) is 0.161. The number of halogens is 6. The maximum absolute atomic E-state index is 14.5. The number of benzene rings is 3. The molecule has 4 aromatic rings. The SMILES string of the molecule is COc1ccc(C(N[C@H](C)c2cc(F)cc(F)c2)c2ccc(F)c(Nc3c(O)c(=O)c3=O)c2)cc1.O=C(O)C(F)(F)F. The van der Waals surface area contributed by atoms with Gasteiger partial charge in [0.2, 0.25) is 0 Å². The standard InChI is InChI=1S/C26H21F3N2O4.C2HF3O2/c1-13(16-9-17(27)12-18(28)10-16)30-22(14-3-6-19(35-2)7-4-14)15-5-8-20(29)21(11-15)31-23-24(32)26(34)25(23)33;3-2(4,5)1(6)7/h3-13,22,30-32H,1-2H3;(H,6,7)/t13-,22?;/m1./s1. The van der Waals surface area contributed by atoms with Crippen molar-refractivity contribution < 1.29 is 46.1 Å². The Morgan fingerprint density at radius 1 is 0.857 bits per heavy atom. The first-order chi connectivity index (χ1) is 19.6. The summed E-state index contributed by atoms with van der Waals surface area (Å²) >= 11 is 0. The average Bonchev–Trinajstić information content (AvgIpc) is 2.94. The van der Waals surface area contributed by atoms with Crippen LogP contribution in [0.3, 0.4) is 0 Å². The molecule has 4 aromatic carbocycles. The summed E-state index contributed by atoms with van der Waals surface area (Å²) < 4.78 is 79.1. The zero-order chi connectivity index (χ0) is 31.4. The van der Waals surface area contributed by atoms with E-state index in [1.54, 1.807) is 31.2 Å². The first kappa shape index (κ1) is 31.7. The highest BCUT2D eigenvalue weighted by Gasteiger charge is 2.38. The fourth-order valence-electron chi connectivity index (χ4n) is 3.80. The van der Waals surface area contributed by atoms with Gasteiger partial charge < -0.3 is 20.3 Å². The van der Waals surface area contributed by atoms with Crippen LogP contribution in [-0.2, 0) is 4.79 Å². The molecule has 0 fully saturated rings. The molecule has 222 valence electrons. The van der Waals surface area contributed by atoms with Crippen LogP contribution in [0.25, 0.3) is 0 Å². The zero-order valence-electron chi connectivity index (χ0n) is 21.7. The number of nitrogens with one attached hydrogen (secondary N) is 2. The van der Waals surface area contributed by atoms with Gasteiger partial charge in [0, 0.05) is 12.1 Å². The molecule has 1 unspecified atom stereocenters. The molecule has 0 aliphatic heterocycles. The Morgan fingerprint density at radius 3 is 1.90 bits per heavy atom. The Bertz CT molecular complexity index is 1630. The maximum atomic E-state index is 14.5. The lowest BCUT2D eigenvalue weighted by Gasteiger charge is -2.26. The molecule has 14 heteroatoms. The summed E-state index contributed by atoms with van der Waals surface area (Å²) in [4.78, 5) is 31.9. The molecule has 0 aliphatic carbocycles. The van der Waals surface area contributed by atoms with Crippen molar-refractivity contribution in [1.82, 2.24) is 5.32 Å². The largest absolute Gasteiger partial charge is 0.502 e. The van der Waals surface area contributed by atoms with Gasteiger partial charge in [-0.2, -0.15) is 13.2 Å². The number of carboxylic acid groups (broad SMARTS) is 1. The molecule has 0 heterocycles. The Kier molecular flexibility index (Phi) is 9.63. The summed E-state index contributed by atoms with van der Waals surface area (Å²) in [5.74, 6) is -5.04. The molecule has 4 N–H and O–H groups in total. The molecule has 0 saturated heterocycles. The summed E-state index contributed by atoms with van der Waals surface area (Å²) in [7, 11) is 1.53. The van der Waals surface area contributed by atoms with Crippen molar-refractivity contribution in [3.05, 3.63) is 115 Å². The number of methoxy groups -OCH3 is 1. The van der Waals surface area contributed by atoms with Crippen LogP contribution in [0.15, 0.2) is 70.3 Å². The number of aromatic hydroxyl groups is 1. The highest BCUT2D eigenvalue weighted by molar-refractivity contribution is 5.73. The number of rotatable bonds is 8. The second-order valence-corrected chi connectivity index (χ2v) is 8.85. The fourth-order valence-corrected chi connectivity index (χ4v) is 3.80. The third-order valence-corrected chi connectivity index (χ3v) is 5.96. The first-order valence-electron chi connectivity index (χ1n) is 11.9. The third kappa shape index (κ3) is 7.46. The topological polar surface area (TPSA) is 125 Å². The minimum absolute atomic E-state index is 0.130. The lowest BCUT2D eigenvalue weighted by atomic mass is 9.95. The van der Waals surface area contributed by atoms with Gasteiger partial charge >= 0.3 is 12.1 Å². The van der Waals surface area contributed by atoms with Gasteiger partial charge in [-0.3, -0.25) is 14.9 Å². The van der Waals surface area contributed by atoms with Crippen LogP contribution < -0.4 is 26.2 Å². The summed E-state index contributed by atoms with van der Waals surface area (Å²) in [5, 5.41) is 22.5. The molecule has 0 bridgehead atoms. The van der Waals surface area contributed by atoms with Crippen LogP contribution in [0.2, 0.25) is 0 Å².